The molecule has 3 heterocycles. The average molecular weight is 758 g/mol. The van der Waals surface area contributed by atoms with Crippen LogP contribution in [0, 0.1) is 5.41 Å². The highest BCUT2D eigenvalue weighted by atomic mass is 35.5. The number of carbonyl (C=O) groups excluding carboxylic acids is 2. The third kappa shape index (κ3) is 10.1. The molecule has 1 unspecified atom stereocenters. The topological polar surface area (TPSA) is 211 Å². The zero-order valence-corrected chi connectivity index (χ0v) is 31.1. The van der Waals surface area contributed by atoms with Gasteiger partial charge >= 0.3 is 13.8 Å². The molecule has 16 nitrogen and oxygen atoms in total. The number of benzene rings is 1. The van der Waals surface area contributed by atoms with Gasteiger partial charge in [0, 0.05) is 24.3 Å². The van der Waals surface area contributed by atoms with Crippen molar-refractivity contribution in [2.45, 2.75) is 70.9 Å². The molecule has 0 saturated carbocycles. The second-order valence-electron chi connectivity index (χ2n) is 12.1. The van der Waals surface area contributed by atoms with Gasteiger partial charge in [0.25, 0.3) is 0 Å². The molecule has 19 heteroatoms. The minimum atomic E-state index is -4.02. The van der Waals surface area contributed by atoms with Gasteiger partial charge in [0.15, 0.2) is 22.5 Å². The van der Waals surface area contributed by atoms with E-state index < -0.39 is 42.6 Å². The second-order valence-corrected chi connectivity index (χ2v) is 15.8. The van der Waals surface area contributed by atoms with Gasteiger partial charge in [-0.2, -0.15) is 9.97 Å². The maximum atomic E-state index is 14.0. The lowest BCUT2D eigenvalue weighted by atomic mass is 9.91. The summed E-state index contributed by atoms with van der Waals surface area (Å²) in [5.74, 6) is 0.329. The second kappa shape index (κ2) is 17.5. The van der Waals surface area contributed by atoms with Crippen molar-refractivity contribution in [1.29, 1.82) is 0 Å². The summed E-state index contributed by atoms with van der Waals surface area (Å²) in [4.78, 5) is 35.9. The van der Waals surface area contributed by atoms with E-state index in [0.717, 1.165) is 17.3 Å². The Bertz CT molecular complexity index is 1650. The monoisotopic (exact) mass is 757 g/mol. The van der Waals surface area contributed by atoms with Crippen molar-refractivity contribution >= 4 is 59.4 Å². The van der Waals surface area contributed by atoms with Gasteiger partial charge in [-0.1, -0.05) is 55.9 Å². The molecule has 0 bridgehead atoms. The number of nitrogen functional groups attached to an aromatic ring is 1. The van der Waals surface area contributed by atoms with Gasteiger partial charge in [0.05, 0.1) is 32.8 Å². The number of fused-ring (bicyclic) bond motifs is 1. The van der Waals surface area contributed by atoms with Gasteiger partial charge in [-0.15, -0.1) is 11.6 Å². The minimum Gasteiger partial charge on any atom is -0.476 e. The van der Waals surface area contributed by atoms with E-state index in [0.29, 0.717) is 18.5 Å². The molecule has 1 aliphatic heterocycles. The third-order valence-corrected chi connectivity index (χ3v) is 11.0. The standard InChI is InChI=1S/C31H45ClN7O9PS/c1-6-44-25-22-24(37-28(33)38-25)39(19-35-22)26-31(5,32)23(40)21(48-26)18-47-49(43,36-17-20-11-9-8-10-12-20)46-15-16-50-27(41)30(3,4)13-14-34-29(42)45-7-2/h8-12,19,21,23,26,40H,6-7,13-18H2,1-5H3,(H,34,42)(H,36,43)(H2,33,37,38)/t21-,23-,26-,31-,49?/m1/s1. The Balaban J connectivity index is 1.40. The fraction of sp³-hybridized carbons (Fsp3) is 0.581. The Hall–Kier alpha value is -3.02. The number of aromatic nitrogens is 4. The summed E-state index contributed by atoms with van der Waals surface area (Å²) in [5, 5.41) is 16.6. The van der Waals surface area contributed by atoms with Crippen molar-refractivity contribution in [2.24, 2.45) is 5.41 Å². The van der Waals surface area contributed by atoms with E-state index in [9.17, 15) is 19.3 Å². The minimum absolute atomic E-state index is 0.0468. The molecule has 5 N–H and O–H groups in total. The van der Waals surface area contributed by atoms with Crippen LogP contribution in [0.25, 0.3) is 11.2 Å². The number of nitrogens with zero attached hydrogens (tertiary/aromatic N) is 4. The number of aliphatic hydroxyl groups is 1. The Morgan fingerprint density at radius 3 is 2.64 bits per heavy atom. The number of imidazole rings is 1. The Labute approximate surface area is 300 Å². The van der Waals surface area contributed by atoms with E-state index in [4.69, 9.17) is 40.6 Å². The van der Waals surface area contributed by atoms with E-state index in [1.54, 1.807) is 34.6 Å². The first-order valence-corrected chi connectivity index (χ1v) is 19.0. The van der Waals surface area contributed by atoms with Crippen LogP contribution in [-0.2, 0) is 34.4 Å². The fourth-order valence-corrected chi connectivity index (χ4v) is 7.57. The maximum Gasteiger partial charge on any atom is 0.407 e. The van der Waals surface area contributed by atoms with E-state index in [-0.39, 0.29) is 61.3 Å². The molecule has 1 aromatic carbocycles. The first-order valence-electron chi connectivity index (χ1n) is 16.1. The number of carbonyl (C=O) groups is 2. The smallest absolute Gasteiger partial charge is 0.407 e. The van der Waals surface area contributed by atoms with Crippen LogP contribution in [0.15, 0.2) is 36.7 Å². The number of nitrogens with two attached hydrogens (primary N) is 1. The lowest BCUT2D eigenvalue weighted by Crippen LogP contribution is -2.40. The normalized spacial score (nSPS) is 21.9. The number of anilines is 1. The van der Waals surface area contributed by atoms with Crippen molar-refractivity contribution in [2.75, 3.05) is 44.5 Å². The SMILES string of the molecule is CCOC(=O)NCCC(C)(C)C(=O)SCCOP(=O)(NCc1ccccc1)OC[C@H]1O[C@@H](n2cnc3c(OCC)nc(N)nc32)[C@](C)(Cl)[C@@H]1O. The molecular weight excluding hydrogens is 713 g/mol. The number of alkyl halides is 1. The highest BCUT2D eigenvalue weighted by molar-refractivity contribution is 8.13. The molecule has 5 atom stereocenters. The molecular formula is C31H45ClN7O9PS. The Morgan fingerprint density at radius 2 is 1.94 bits per heavy atom. The summed E-state index contributed by atoms with van der Waals surface area (Å²) >= 11 is 7.89. The number of ether oxygens (including phenoxy) is 3. The average Bonchev–Trinajstić information content (AvgIpc) is 3.58. The number of aliphatic hydroxyl groups excluding tert-OH is 1. The molecule has 2 aromatic heterocycles. The van der Waals surface area contributed by atoms with Gasteiger partial charge in [0.1, 0.15) is 17.1 Å². The van der Waals surface area contributed by atoms with Crippen molar-refractivity contribution < 1.29 is 42.5 Å². The van der Waals surface area contributed by atoms with E-state index in [1.165, 1.54) is 10.9 Å². The first-order chi connectivity index (χ1) is 23.7. The van der Waals surface area contributed by atoms with Gasteiger partial charge in [0.2, 0.25) is 11.8 Å². The number of hydrogen-bond acceptors (Lipinski definition) is 14. The lowest BCUT2D eigenvalue weighted by Gasteiger charge is -2.26. The molecule has 1 amide bonds. The fourth-order valence-electron chi connectivity index (χ4n) is 5.00. The molecule has 1 fully saturated rings. The zero-order chi connectivity index (χ0) is 36.5. The van der Waals surface area contributed by atoms with Crippen LogP contribution in [0.2, 0.25) is 0 Å². The zero-order valence-electron chi connectivity index (χ0n) is 28.7. The van der Waals surface area contributed by atoms with Gasteiger partial charge in [-0.3, -0.25) is 18.4 Å². The van der Waals surface area contributed by atoms with Crippen molar-refractivity contribution in [3.05, 3.63) is 42.2 Å². The number of rotatable bonds is 18. The number of nitrogens with one attached hydrogen (secondary N) is 2. The highest BCUT2D eigenvalue weighted by Crippen LogP contribution is 2.48. The molecule has 0 radical (unpaired) electrons. The van der Waals surface area contributed by atoms with Crippen LogP contribution < -0.4 is 20.9 Å². The summed E-state index contributed by atoms with van der Waals surface area (Å²) in [6.07, 6.45) is -2.02. The molecule has 4 rings (SSSR count). The van der Waals surface area contributed by atoms with Crippen molar-refractivity contribution in [1.82, 2.24) is 29.9 Å². The van der Waals surface area contributed by atoms with Gasteiger partial charge in [-0.05, 0) is 32.8 Å². The van der Waals surface area contributed by atoms with Crippen LogP contribution in [0.3, 0.4) is 0 Å². The highest BCUT2D eigenvalue weighted by Gasteiger charge is 2.54. The number of amides is 1. The predicted molar refractivity (Wildman–Crippen MR) is 189 cm³/mol. The first kappa shape index (κ1) is 39.8. The van der Waals surface area contributed by atoms with Crippen LogP contribution in [0.5, 0.6) is 5.88 Å². The van der Waals surface area contributed by atoms with Gasteiger partial charge < -0.3 is 30.4 Å². The largest absolute Gasteiger partial charge is 0.476 e. The van der Waals surface area contributed by atoms with E-state index in [1.807, 2.05) is 30.3 Å². The van der Waals surface area contributed by atoms with Crippen molar-refractivity contribution in [3.8, 4) is 5.88 Å². The number of thioether (sulfide) groups is 1. The van der Waals surface area contributed by atoms with E-state index in [2.05, 4.69) is 25.4 Å². The Morgan fingerprint density at radius 1 is 1.20 bits per heavy atom. The third-order valence-electron chi connectivity index (χ3n) is 7.81. The molecule has 0 aliphatic carbocycles. The summed E-state index contributed by atoms with van der Waals surface area (Å²) in [6.45, 7) is 9.20. The molecule has 50 heavy (non-hydrogen) atoms. The molecule has 1 aliphatic rings. The molecule has 276 valence electrons. The van der Waals surface area contributed by atoms with Crippen LogP contribution >= 0.6 is 31.1 Å². The van der Waals surface area contributed by atoms with Crippen LogP contribution in [0.1, 0.15) is 52.8 Å². The van der Waals surface area contributed by atoms with E-state index >= 15 is 0 Å². The summed E-state index contributed by atoms with van der Waals surface area (Å²) < 4.78 is 43.7. The quantitative estimate of drug-likeness (QED) is 0.0804. The molecule has 3 aromatic rings. The van der Waals surface area contributed by atoms with Crippen LogP contribution in [-0.4, -0.2) is 91.6 Å². The summed E-state index contributed by atoms with van der Waals surface area (Å²) in [5.41, 5.74) is 6.62. The van der Waals surface area contributed by atoms with Crippen LogP contribution in [0.4, 0.5) is 10.7 Å². The number of alkyl carbamates (subject to hydrolysis) is 1. The van der Waals surface area contributed by atoms with Crippen molar-refractivity contribution in [3.63, 3.8) is 0 Å². The number of hydrogen-bond donors (Lipinski definition) is 4. The maximum absolute atomic E-state index is 14.0. The summed E-state index contributed by atoms with van der Waals surface area (Å²) in [6, 6.07) is 9.24. The van der Waals surface area contributed by atoms with Gasteiger partial charge in [-0.25, -0.2) is 19.4 Å². The predicted octanol–water partition coefficient (Wildman–Crippen LogP) is 4.42. The Kier molecular flexibility index (Phi) is 13.9. The molecule has 0 spiro atoms. The number of halogens is 1. The summed E-state index contributed by atoms with van der Waals surface area (Å²) in [7, 11) is -4.02. The molecule has 1 saturated heterocycles. The lowest BCUT2D eigenvalue weighted by molar-refractivity contribution is -0.118.